The summed E-state index contributed by atoms with van der Waals surface area (Å²) >= 11 is 0. The molecule has 2 amide bonds. The summed E-state index contributed by atoms with van der Waals surface area (Å²) in [5.41, 5.74) is 6.24. The molecule has 7 heteroatoms. The molecule has 2 N–H and O–H groups in total. The number of nitrogens with one attached hydrogen (secondary N) is 2. The van der Waals surface area contributed by atoms with Gasteiger partial charge in [-0.3, -0.25) is 19.7 Å². The number of nitrogens with zero attached hydrogens (tertiary/aromatic N) is 3. The van der Waals surface area contributed by atoms with Gasteiger partial charge in [0.15, 0.2) is 5.82 Å². The molecule has 1 aromatic carbocycles. The van der Waals surface area contributed by atoms with E-state index in [2.05, 4.69) is 32.6 Å². The first-order chi connectivity index (χ1) is 14.6. The van der Waals surface area contributed by atoms with Crippen LogP contribution in [0.5, 0.6) is 0 Å². The van der Waals surface area contributed by atoms with Gasteiger partial charge >= 0.3 is 0 Å². The molecule has 3 heterocycles. The largest absolute Gasteiger partial charge is 0.312 e. The number of aromatic amines is 1. The van der Waals surface area contributed by atoms with Gasteiger partial charge in [-0.15, -0.1) is 0 Å². The molecular weight excluding hydrogens is 378 g/mol. The molecule has 30 heavy (non-hydrogen) atoms. The first-order valence-electron chi connectivity index (χ1n) is 10.3. The first kappa shape index (κ1) is 18.5. The van der Waals surface area contributed by atoms with Crippen LogP contribution in [0.1, 0.15) is 29.5 Å². The number of carbonyl (C=O) groups is 2. The number of carbonyl (C=O) groups excluding carboxylic acids is 2. The summed E-state index contributed by atoms with van der Waals surface area (Å²) in [6, 6.07) is 10.00. The van der Waals surface area contributed by atoms with Gasteiger partial charge in [-0.25, -0.2) is 0 Å². The molecule has 1 fully saturated rings. The molecular formula is C23H23N5O2. The van der Waals surface area contributed by atoms with Gasteiger partial charge in [-0.05, 0) is 61.6 Å². The second kappa shape index (κ2) is 7.40. The number of aromatic nitrogens is 3. The Morgan fingerprint density at radius 2 is 1.97 bits per heavy atom. The van der Waals surface area contributed by atoms with Gasteiger partial charge in [0, 0.05) is 42.2 Å². The number of fused-ring (bicyclic) bond motifs is 1. The number of aryl methyl sites for hydroxylation is 2. The molecule has 152 valence electrons. The van der Waals surface area contributed by atoms with Crippen LogP contribution in [0.4, 0.5) is 11.5 Å². The van der Waals surface area contributed by atoms with Crippen molar-refractivity contribution in [3.05, 3.63) is 59.4 Å². The number of rotatable bonds is 4. The van der Waals surface area contributed by atoms with Gasteiger partial charge < -0.3 is 10.2 Å². The van der Waals surface area contributed by atoms with Crippen molar-refractivity contribution in [2.45, 2.75) is 32.6 Å². The summed E-state index contributed by atoms with van der Waals surface area (Å²) in [5.74, 6) is -0.0892. The van der Waals surface area contributed by atoms with Crippen molar-refractivity contribution in [2.24, 2.45) is 5.92 Å². The summed E-state index contributed by atoms with van der Waals surface area (Å²) in [5, 5.41) is 10.1. The van der Waals surface area contributed by atoms with Crippen molar-refractivity contribution in [1.82, 2.24) is 15.2 Å². The second-order valence-corrected chi connectivity index (χ2v) is 8.01. The van der Waals surface area contributed by atoms with E-state index >= 15 is 0 Å². The number of hydrogen-bond acceptors (Lipinski definition) is 4. The summed E-state index contributed by atoms with van der Waals surface area (Å²) < 4.78 is 0. The maximum absolute atomic E-state index is 12.9. The highest BCUT2D eigenvalue weighted by atomic mass is 16.2. The Morgan fingerprint density at radius 1 is 1.17 bits per heavy atom. The molecule has 3 aromatic rings. The van der Waals surface area contributed by atoms with E-state index in [-0.39, 0.29) is 18.2 Å². The zero-order valence-corrected chi connectivity index (χ0v) is 16.8. The molecule has 1 aliphatic carbocycles. The van der Waals surface area contributed by atoms with Crippen LogP contribution in [0.2, 0.25) is 0 Å². The Bertz CT molecular complexity index is 1120. The van der Waals surface area contributed by atoms with E-state index < -0.39 is 5.92 Å². The summed E-state index contributed by atoms with van der Waals surface area (Å²) in [7, 11) is 0. The maximum Gasteiger partial charge on any atom is 0.231 e. The molecule has 5 rings (SSSR count). The van der Waals surface area contributed by atoms with Crippen LogP contribution in [0.15, 0.2) is 42.7 Å². The van der Waals surface area contributed by atoms with Gasteiger partial charge in [0.2, 0.25) is 11.8 Å². The molecule has 1 atom stereocenters. The highest BCUT2D eigenvalue weighted by molar-refractivity contribution is 6.03. The minimum absolute atomic E-state index is 0.00989. The lowest BCUT2D eigenvalue weighted by Crippen LogP contribution is -2.28. The van der Waals surface area contributed by atoms with Gasteiger partial charge in [0.1, 0.15) is 0 Å². The third kappa shape index (κ3) is 3.26. The van der Waals surface area contributed by atoms with E-state index in [4.69, 9.17) is 0 Å². The van der Waals surface area contributed by atoms with Gasteiger partial charge in [0.05, 0.1) is 11.6 Å². The Balaban J connectivity index is 1.30. The van der Waals surface area contributed by atoms with Crippen molar-refractivity contribution in [3.8, 4) is 11.3 Å². The van der Waals surface area contributed by atoms with Crippen molar-refractivity contribution < 1.29 is 9.59 Å². The quantitative estimate of drug-likeness (QED) is 0.702. The molecule has 1 saturated heterocycles. The van der Waals surface area contributed by atoms with Gasteiger partial charge in [-0.1, -0.05) is 6.07 Å². The average Bonchev–Trinajstić information content (AvgIpc) is 3.47. The maximum atomic E-state index is 12.9. The Hall–Kier alpha value is -3.48. The van der Waals surface area contributed by atoms with Crippen LogP contribution in [-0.4, -0.2) is 33.5 Å². The molecule has 0 radical (unpaired) electrons. The fourth-order valence-electron chi connectivity index (χ4n) is 4.40. The Labute approximate surface area is 174 Å². The normalized spacial score (nSPS) is 18.0. The summed E-state index contributed by atoms with van der Waals surface area (Å²) in [6.07, 6.45) is 6.98. The molecule has 0 spiro atoms. The lowest BCUT2D eigenvalue weighted by atomic mass is 10.1. The van der Waals surface area contributed by atoms with Crippen LogP contribution >= 0.6 is 0 Å². The van der Waals surface area contributed by atoms with E-state index in [9.17, 15) is 9.59 Å². The Kier molecular flexibility index (Phi) is 4.58. The van der Waals surface area contributed by atoms with Gasteiger partial charge in [0.25, 0.3) is 0 Å². The van der Waals surface area contributed by atoms with Crippen LogP contribution in [0, 0.1) is 12.8 Å². The number of hydrogen-bond donors (Lipinski definition) is 2. The van der Waals surface area contributed by atoms with E-state index in [1.807, 2.05) is 25.1 Å². The molecule has 1 unspecified atom stereocenters. The highest BCUT2D eigenvalue weighted by Gasteiger charge is 2.36. The number of benzene rings is 1. The third-order valence-corrected chi connectivity index (χ3v) is 6.11. The molecule has 1 aliphatic heterocycles. The van der Waals surface area contributed by atoms with Crippen molar-refractivity contribution in [1.29, 1.82) is 0 Å². The topological polar surface area (TPSA) is 91.0 Å². The number of anilines is 2. The SMILES string of the molecule is Cc1c(NC(=O)C2CC(=O)N(c3ccc4c(c3)CCC4)C2)n[nH]c1-c1ccncc1. The monoisotopic (exact) mass is 401 g/mol. The predicted molar refractivity (Wildman–Crippen MR) is 114 cm³/mol. The molecule has 2 aliphatic rings. The smallest absolute Gasteiger partial charge is 0.231 e. The molecule has 2 aromatic heterocycles. The van der Waals surface area contributed by atoms with E-state index in [0.29, 0.717) is 12.4 Å². The summed E-state index contributed by atoms with van der Waals surface area (Å²) in [4.78, 5) is 31.2. The third-order valence-electron chi connectivity index (χ3n) is 6.11. The lowest BCUT2D eigenvalue weighted by molar-refractivity contribution is -0.122. The van der Waals surface area contributed by atoms with Crippen molar-refractivity contribution in [3.63, 3.8) is 0 Å². The van der Waals surface area contributed by atoms with E-state index in [0.717, 1.165) is 35.3 Å². The number of pyridine rings is 1. The van der Waals surface area contributed by atoms with Gasteiger partial charge in [-0.2, -0.15) is 5.10 Å². The minimum Gasteiger partial charge on any atom is -0.312 e. The van der Waals surface area contributed by atoms with Crippen molar-refractivity contribution >= 4 is 23.3 Å². The highest BCUT2D eigenvalue weighted by Crippen LogP contribution is 2.31. The standard InChI is InChI=1S/C23H23N5O2/c1-14-21(16-7-9-24-10-8-16)26-27-22(14)25-23(30)18-12-20(29)28(13-18)19-6-5-15-3-2-4-17(15)11-19/h5-11,18H,2-4,12-13H2,1H3,(H2,25,26,27,30). The van der Waals surface area contributed by atoms with Crippen LogP contribution < -0.4 is 10.2 Å². The fraction of sp³-hybridized carbons (Fsp3) is 0.304. The van der Waals surface area contributed by atoms with Crippen molar-refractivity contribution in [2.75, 3.05) is 16.8 Å². The zero-order chi connectivity index (χ0) is 20.7. The van der Waals surface area contributed by atoms with Crippen LogP contribution in [0.25, 0.3) is 11.3 Å². The predicted octanol–water partition coefficient (Wildman–Crippen LogP) is 3.26. The Morgan fingerprint density at radius 3 is 2.80 bits per heavy atom. The second-order valence-electron chi connectivity index (χ2n) is 8.01. The fourth-order valence-corrected chi connectivity index (χ4v) is 4.40. The van der Waals surface area contributed by atoms with Crippen LogP contribution in [-0.2, 0) is 22.4 Å². The lowest BCUT2D eigenvalue weighted by Gasteiger charge is -2.18. The molecule has 0 bridgehead atoms. The van der Waals surface area contributed by atoms with Crippen LogP contribution in [0.3, 0.4) is 0 Å². The first-order valence-corrected chi connectivity index (χ1v) is 10.3. The molecule has 7 nitrogen and oxygen atoms in total. The van der Waals surface area contributed by atoms with E-state index in [1.54, 1.807) is 17.3 Å². The molecule has 0 saturated carbocycles. The average molecular weight is 401 g/mol. The minimum atomic E-state index is -0.397. The number of amides is 2. The zero-order valence-electron chi connectivity index (χ0n) is 16.8. The van der Waals surface area contributed by atoms with E-state index in [1.165, 1.54) is 17.5 Å². The summed E-state index contributed by atoms with van der Waals surface area (Å²) in [6.45, 7) is 2.30. The number of H-pyrrole nitrogens is 1.